The second-order valence-electron chi connectivity index (χ2n) is 6.54. The van der Waals surface area contributed by atoms with Gasteiger partial charge < -0.3 is 5.32 Å². The van der Waals surface area contributed by atoms with Gasteiger partial charge in [0.05, 0.1) is 0 Å². The van der Waals surface area contributed by atoms with Crippen molar-refractivity contribution in [3.05, 3.63) is 29.8 Å². The van der Waals surface area contributed by atoms with E-state index < -0.39 is 0 Å². The standard InChI is InChI=1S/C18H28N2S/c1-4-20(17-11-15-7-8-16(12-17)19-15)13(2)14-5-9-18(21-3)10-6-14/h5-6,9-10,13,15-17,19H,4,7-8,11-12H2,1-3H3. The number of hydrogen-bond donors (Lipinski definition) is 1. The molecule has 21 heavy (non-hydrogen) atoms. The van der Waals surface area contributed by atoms with Crippen molar-refractivity contribution in [2.75, 3.05) is 12.8 Å². The van der Waals surface area contributed by atoms with E-state index in [1.807, 2.05) is 11.8 Å². The average molecular weight is 305 g/mol. The van der Waals surface area contributed by atoms with Crippen LogP contribution in [0.4, 0.5) is 0 Å². The zero-order valence-corrected chi connectivity index (χ0v) is 14.3. The molecule has 1 aromatic carbocycles. The summed E-state index contributed by atoms with van der Waals surface area (Å²) in [4.78, 5) is 4.08. The van der Waals surface area contributed by atoms with Crippen LogP contribution in [0, 0.1) is 0 Å². The second-order valence-corrected chi connectivity index (χ2v) is 7.42. The van der Waals surface area contributed by atoms with Gasteiger partial charge in [-0.3, -0.25) is 4.90 Å². The maximum atomic E-state index is 3.76. The van der Waals surface area contributed by atoms with Crippen LogP contribution in [0.3, 0.4) is 0 Å². The third-order valence-corrected chi connectivity index (χ3v) is 6.12. The van der Waals surface area contributed by atoms with E-state index in [-0.39, 0.29) is 0 Å². The number of nitrogens with zero attached hydrogens (tertiary/aromatic N) is 1. The Balaban J connectivity index is 1.72. The van der Waals surface area contributed by atoms with Gasteiger partial charge in [-0.05, 0) is 63.1 Å². The Hall–Kier alpha value is -0.510. The molecule has 3 atom stereocenters. The second kappa shape index (κ2) is 6.72. The molecule has 2 nitrogen and oxygen atoms in total. The quantitative estimate of drug-likeness (QED) is 0.825. The Morgan fingerprint density at radius 1 is 1.19 bits per heavy atom. The van der Waals surface area contributed by atoms with E-state index in [0.717, 1.165) is 24.7 Å². The topological polar surface area (TPSA) is 15.3 Å². The molecule has 3 rings (SSSR count). The normalized spacial score (nSPS) is 29.8. The Bertz CT molecular complexity index is 447. The van der Waals surface area contributed by atoms with Crippen molar-refractivity contribution < 1.29 is 0 Å². The highest BCUT2D eigenvalue weighted by molar-refractivity contribution is 7.98. The number of hydrogen-bond acceptors (Lipinski definition) is 3. The summed E-state index contributed by atoms with van der Waals surface area (Å²) in [6, 6.07) is 12.0. The Kier molecular flexibility index (Phi) is 4.92. The van der Waals surface area contributed by atoms with Gasteiger partial charge in [-0.1, -0.05) is 19.1 Å². The number of fused-ring (bicyclic) bond motifs is 2. The van der Waals surface area contributed by atoms with Gasteiger partial charge in [0, 0.05) is 29.1 Å². The van der Waals surface area contributed by atoms with Gasteiger partial charge in [-0.25, -0.2) is 0 Å². The summed E-state index contributed by atoms with van der Waals surface area (Å²) in [5.41, 5.74) is 1.46. The first kappa shape index (κ1) is 15.4. The van der Waals surface area contributed by atoms with Crippen LogP contribution in [0.25, 0.3) is 0 Å². The van der Waals surface area contributed by atoms with E-state index in [1.54, 1.807) is 0 Å². The summed E-state index contributed by atoms with van der Waals surface area (Å²) in [6.07, 6.45) is 7.57. The summed E-state index contributed by atoms with van der Waals surface area (Å²) in [6.45, 7) is 5.84. The number of piperidine rings is 1. The van der Waals surface area contributed by atoms with Gasteiger partial charge >= 0.3 is 0 Å². The van der Waals surface area contributed by atoms with Gasteiger partial charge in [-0.15, -0.1) is 11.8 Å². The molecule has 0 aliphatic carbocycles. The molecular weight excluding hydrogens is 276 g/mol. The molecule has 3 unspecified atom stereocenters. The monoisotopic (exact) mass is 304 g/mol. The third kappa shape index (κ3) is 3.30. The maximum absolute atomic E-state index is 3.76. The summed E-state index contributed by atoms with van der Waals surface area (Å²) < 4.78 is 0. The molecule has 0 aromatic heterocycles. The molecule has 0 amide bonds. The summed E-state index contributed by atoms with van der Waals surface area (Å²) in [5, 5.41) is 3.76. The van der Waals surface area contributed by atoms with Crippen LogP contribution in [0.5, 0.6) is 0 Å². The Labute approximate surface area is 133 Å². The van der Waals surface area contributed by atoms with Crippen LogP contribution < -0.4 is 5.32 Å². The Morgan fingerprint density at radius 2 is 1.81 bits per heavy atom. The van der Waals surface area contributed by atoms with Crippen LogP contribution in [-0.2, 0) is 0 Å². The zero-order chi connectivity index (χ0) is 14.8. The molecule has 3 heteroatoms. The average Bonchev–Trinajstić information content (AvgIpc) is 2.86. The number of nitrogens with one attached hydrogen (secondary N) is 1. The first-order chi connectivity index (χ1) is 10.2. The van der Waals surface area contributed by atoms with E-state index in [4.69, 9.17) is 0 Å². The van der Waals surface area contributed by atoms with Crippen LogP contribution in [0.2, 0.25) is 0 Å². The lowest BCUT2D eigenvalue weighted by molar-refractivity contribution is 0.108. The first-order valence-electron chi connectivity index (χ1n) is 8.37. The van der Waals surface area contributed by atoms with Crippen LogP contribution in [0.1, 0.15) is 51.1 Å². The van der Waals surface area contributed by atoms with Gasteiger partial charge in [0.2, 0.25) is 0 Å². The molecule has 2 saturated heterocycles. The highest BCUT2D eigenvalue weighted by Crippen LogP contribution is 2.34. The minimum absolute atomic E-state index is 0.522. The fraction of sp³-hybridized carbons (Fsp3) is 0.667. The van der Waals surface area contributed by atoms with Crippen molar-refractivity contribution in [1.29, 1.82) is 0 Å². The molecule has 2 aliphatic rings. The predicted molar refractivity (Wildman–Crippen MR) is 92.0 cm³/mol. The molecular formula is C18H28N2S. The van der Waals surface area contributed by atoms with Gasteiger partial charge in [0.1, 0.15) is 0 Å². The number of thioether (sulfide) groups is 1. The van der Waals surface area contributed by atoms with E-state index in [9.17, 15) is 0 Å². The number of benzene rings is 1. The smallest absolute Gasteiger partial charge is 0.0322 e. The van der Waals surface area contributed by atoms with Crippen molar-refractivity contribution in [1.82, 2.24) is 10.2 Å². The van der Waals surface area contributed by atoms with Gasteiger partial charge in [-0.2, -0.15) is 0 Å². The molecule has 2 aliphatic heterocycles. The third-order valence-electron chi connectivity index (χ3n) is 5.38. The zero-order valence-electron chi connectivity index (χ0n) is 13.5. The van der Waals surface area contributed by atoms with E-state index in [1.165, 1.54) is 36.1 Å². The SMILES string of the molecule is CCN(C1CC2CCC(C1)N2)C(C)c1ccc(SC)cc1. The van der Waals surface area contributed by atoms with Crippen LogP contribution >= 0.6 is 11.8 Å². The minimum atomic E-state index is 0.522. The largest absolute Gasteiger partial charge is 0.311 e. The minimum Gasteiger partial charge on any atom is -0.311 e. The maximum Gasteiger partial charge on any atom is 0.0322 e. The van der Waals surface area contributed by atoms with Crippen molar-refractivity contribution >= 4 is 11.8 Å². The molecule has 116 valence electrons. The molecule has 2 bridgehead atoms. The molecule has 1 aromatic rings. The molecule has 1 N–H and O–H groups in total. The fourth-order valence-electron chi connectivity index (χ4n) is 4.22. The highest BCUT2D eigenvalue weighted by atomic mass is 32.2. The molecule has 2 fully saturated rings. The van der Waals surface area contributed by atoms with Gasteiger partial charge in [0.25, 0.3) is 0 Å². The van der Waals surface area contributed by atoms with Crippen molar-refractivity contribution in [2.45, 2.75) is 68.6 Å². The van der Waals surface area contributed by atoms with Crippen molar-refractivity contribution in [3.63, 3.8) is 0 Å². The van der Waals surface area contributed by atoms with E-state index in [0.29, 0.717) is 6.04 Å². The molecule has 0 radical (unpaired) electrons. The van der Waals surface area contributed by atoms with Crippen LogP contribution in [0.15, 0.2) is 29.2 Å². The highest BCUT2D eigenvalue weighted by Gasteiger charge is 2.36. The van der Waals surface area contributed by atoms with Crippen molar-refractivity contribution in [3.8, 4) is 0 Å². The molecule has 0 saturated carbocycles. The van der Waals surface area contributed by atoms with Crippen LogP contribution in [-0.4, -0.2) is 35.8 Å². The Morgan fingerprint density at radius 3 is 2.33 bits per heavy atom. The lowest BCUT2D eigenvalue weighted by Crippen LogP contribution is -2.48. The summed E-state index contributed by atoms with van der Waals surface area (Å²) in [7, 11) is 0. The molecule has 2 heterocycles. The van der Waals surface area contributed by atoms with Crippen molar-refractivity contribution in [2.24, 2.45) is 0 Å². The fourth-order valence-corrected chi connectivity index (χ4v) is 4.63. The summed E-state index contributed by atoms with van der Waals surface area (Å²) >= 11 is 1.82. The van der Waals surface area contributed by atoms with E-state index in [2.05, 4.69) is 54.6 Å². The lowest BCUT2D eigenvalue weighted by Gasteiger charge is -2.40. The lowest BCUT2D eigenvalue weighted by atomic mass is 9.95. The number of rotatable bonds is 5. The van der Waals surface area contributed by atoms with E-state index >= 15 is 0 Å². The molecule has 0 spiro atoms. The predicted octanol–water partition coefficient (Wildman–Crippen LogP) is 4.07. The summed E-state index contributed by atoms with van der Waals surface area (Å²) in [5.74, 6) is 0. The van der Waals surface area contributed by atoms with Gasteiger partial charge in [0.15, 0.2) is 0 Å². The first-order valence-corrected chi connectivity index (χ1v) is 9.59.